The third kappa shape index (κ3) is 4.51. The fraction of sp³-hybridized carbons (Fsp3) is 0.500. The molecule has 1 aromatic carbocycles. The highest BCUT2D eigenvalue weighted by atomic mass is 32.1. The second kappa shape index (κ2) is 8.63. The average Bonchev–Trinajstić information content (AvgIpc) is 3.21. The van der Waals surface area contributed by atoms with E-state index in [1.807, 2.05) is 27.3 Å². The predicted octanol–water partition coefficient (Wildman–Crippen LogP) is 2.62. The van der Waals surface area contributed by atoms with Crippen molar-refractivity contribution >= 4 is 23.2 Å². The van der Waals surface area contributed by atoms with Gasteiger partial charge in [0.2, 0.25) is 0 Å². The molecule has 29 heavy (non-hydrogen) atoms. The average molecular weight is 413 g/mol. The molecule has 154 valence electrons. The minimum absolute atomic E-state index is 0.0333. The van der Waals surface area contributed by atoms with Crippen LogP contribution in [0.5, 0.6) is 0 Å². The van der Waals surface area contributed by atoms with Crippen molar-refractivity contribution in [2.45, 2.75) is 26.3 Å². The van der Waals surface area contributed by atoms with Crippen molar-refractivity contribution in [1.82, 2.24) is 19.7 Å². The minimum Gasteiger partial charge on any atom is -0.335 e. The Bertz CT molecular complexity index is 836. The summed E-state index contributed by atoms with van der Waals surface area (Å²) in [7, 11) is 0. The van der Waals surface area contributed by atoms with Crippen LogP contribution in [0, 0.1) is 5.92 Å². The lowest BCUT2D eigenvalue weighted by atomic mass is 10.00. The van der Waals surface area contributed by atoms with Crippen LogP contribution < -0.4 is 0 Å². The molecule has 2 aliphatic rings. The number of hydrogen-bond acceptors (Lipinski definition) is 5. The lowest BCUT2D eigenvalue weighted by Gasteiger charge is -2.48. The van der Waals surface area contributed by atoms with Crippen molar-refractivity contribution in [3.8, 4) is 0 Å². The number of piperazine rings is 1. The van der Waals surface area contributed by atoms with Crippen molar-refractivity contribution < 1.29 is 9.59 Å². The first-order valence-electron chi connectivity index (χ1n) is 10.3. The van der Waals surface area contributed by atoms with Crippen molar-refractivity contribution in [1.29, 1.82) is 0 Å². The molecule has 7 heteroatoms. The molecule has 0 radical (unpaired) electrons. The Morgan fingerprint density at radius 1 is 1.03 bits per heavy atom. The smallest absolute Gasteiger partial charge is 0.282 e. The van der Waals surface area contributed by atoms with E-state index >= 15 is 0 Å². The topological polar surface area (TPSA) is 56.8 Å². The number of amides is 2. The molecule has 2 amide bonds. The van der Waals surface area contributed by atoms with Gasteiger partial charge in [0.05, 0.1) is 0 Å². The van der Waals surface area contributed by atoms with Gasteiger partial charge in [0, 0.05) is 62.5 Å². The van der Waals surface area contributed by atoms with E-state index < -0.39 is 0 Å². The Kier molecular flexibility index (Phi) is 5.96. The van der Waals surface area contributed by atoms with E-state index in [4.69, 9.17) is 0 Å². The van der Waals surface area contributed by atoms with Crippen LogP contribution in [0.3, 0.4) is 0 Å². The van der Waals surface area contributed by atoms with E-state index in [0.717, 1.165) is 51.3 Å². The summed E-state index contributed by atoms with van der Waals surface area (Å²) in [5.41, 5.74) is 2.05. The first-order valence-corrected chi connectivity index (χ1v) is 11.2. The number of thiazole rings is 1. The summed E-state index contributed by atoms with van der Waals surface area (Å²) in [5.74, 6) is 0.769. The van der Waals surface area contributed by atoms with E-state index in [1.54, 1.807) is 6.20 Å². The largest absolute Gasteiger partial charge is 0.335 e. The van der Waals surface area contributed by atoms with Gasteiger partial charge in [0.25, 0.3) is 11.8 Å². The molecule has 2 fully saturated rings. The normalized spacial score (nSPS) is 18.2. The van der Waals surface area contributed by atoms with E-state index in [-0.39, 0.29) is 11.8 Å². The highest BCUT2D eigenvalue weighted by Gasteiger charge is 2.37. The SMILES string of the molecule is CC(C)Cc1ccc(C(=O)N2CC(N3CCN(C(=O)c4nccs4)CC3)C2)cc1. The standard InChI is InChI=1S/C22H28N4O2S/c1-16(2)13-17-3-5-18(6-4-17)21(27)26-14-19(15-26)24-8-10-25(11-9-24)22(28)20-23-7-12-29-20/h3-7,12,16,19H,8-11,13-15H2,1-2H3. The molecule has 2 aliphatic heterocycles. The van der Waals surface area contributed by atoms with Crippen LogP contribution in [0.25, 0.3) is 0 Å². The predicted molar refractivity (Wildman–Crippen MR) is 114 cm³/mol. The van der Waals surface area contributed by atoms with Gasteiger partial charge in [-0.05, 0) is 30.0 Å². The van der Waals surface area contributed by atoms with Gasteiger partial charge in [-0.25, -0.2) is 4.98 Å². The number of benzene rings is 1. The molecule has 0 saturated carbocycles. The fourth-order valence-corrected chi connectivity index (χ4v) is 4.65. The quantitative estimate of drug-likeness (QED) is 0.758. The van der Waals surface area contributed by atoms with Gasteiger partial charge < -0.3 is 9.80 Å². The second-order valence-corrected chi connectivity index (χ2v) is 9.22. The zero-order chi connectivity index (χ0) is 20.4. The van der Waals surface area contributed by atoms with E-state index in [0.29, 0.717) is 17.0 Å². The molecule has 6 nitrogen and oxygen atoms in total. The summed E-state index contributed by atoms with van der Waals surface area (Å²) in [6.45, 7) is 9.10. The second-order valence-electron chi connectivity index (χ2n) is 8.32. The van der Waals surface area contributed by atoms with Crippen LogP contribution in [0.1, 0.15) is 39.6 Å². The monoisotopic (exact) mass is 412 g/mol. The molecule has 0 unspecified atom stereocenters. The molecule has 0 aliphatic carbocycles. The van der Waals surface area contributed by atoms with Crippen LogP contribution >= 0.6 is 11.3 Å². The molecule has 2 saturated heterocycles. The number of carbonyl (C=O) groups is 2. The van der Waals surface area contributed by atoms with Crippen molar-refractivity contribution in [3.05, 3.63) is 52.0 Å². The zero-order valence-corrected chi connectivity index (χ0v) is 17.9. The van der Waals surface area contributed by atoms with Gasteiger partial charge in [-0.2, -0.15) is 0 Å². The highest BCUT2D eigenvalue weighted by molar-refractivity contribution is 7.11. The number of rotatable bonds is 5. The maximum atomic E-state index is 12.7. The van der Waals surface area contributed by atoms with Crippen molar-refractivity contribution in [2.24, 2.45) is 5.92 Å². The third-order valence-electron chi connectivity index (χ3n) is 5.73. The molecule has 3 heterocycles. The number of nitrogens with zero attached hydrogens (tertiary/aromatic N) is 4. The highest BCUT2D eigenvalue weighted by Crippen LogP contribution is 2.21. The lowest BCUT2D eigenvalue weighted by molar-refractivity contribution is 0.00853. The first kappa shape index (κ1) is 20.0. The lowest BCUT2D eigenvalue weighted by Crippen LogP contribution is -2.64. The van der Waals surface area contributed by atoms with Crippen LogP contribution in [0.2, 0.25) is 0 Å². The zero-order valence-electron chi connectivity index (χ0n) is 17.1. The third-order valence-corrected chi connectivity index (χ3v) is 6.49. The molecular weight excluding hydrogens is 384 g/mol. The molecule has 0 spiro atoms. The van der Waals surface area contributed by atoms with E-state index in [2.05, 4.69) is 35.9 Å². The molecule has 1 aromatic heterocycles. The van der Waals surface area contributed by atoms with Crippen LogP contribution in [-0.2, 0) is 6.42 Å². The van der Waals surface area contributed by atoms with Crippen LogP contribution in [0.4, 0.5) is 0 Å². The number of likely N-dealkylation sites (tertiary alicyclic amines) is 1. The Morgan fingerprint density at radius 3 is 2.31 bits per heavy atom. The Morgan fingerprint density at radius 2 is 1.72 bits per heavy atom. The Hall–Kier alpha value is -2.25. The van der Waals surface area contributed by atoms with Crippen molar-refractivity contribution in [3.63, 3.8) is 0 Å². The Labute approximate surface area is 176 Å². The minimum atomic E-state index is 0.0333. The molecule has 2 aromatic rings. The number of carbonyl (C=O) groups excluding carboxylic acids is 2. The first-order chi connectivity index (χ1) is 14.0. The summed E-state index contributed by atoms with van der Waals surface area (Å²) in [6.07, 6.45) is 2.71. The maximum absolute atomic E-state index is 12.7. The van der Waals surface area contributed by atoms with Crippen LogP contribution in [-0.4, -0.2) is 76.8 Å². The van der Waals surface area contributed by atoms with Crippen LogP contribution in [0.15, 0.2) is 35.8 Å². The van der Waals surface area contributed by atoms with Gasteiger partial charge in [-0.15, -0.1) is 11.3 Å². The fourth-order valence-electron chi connectivity index (χ4n) is 4.04. The molecule has 0 atom stereocenters. The van der Waals surface area contributed by atoms with E-state index in [1.165, 1.54) is 16.9 Å². The molecular formula is C22H28N4O2S. The summed E-state index contributed by atoms with van der Waals surface area (Å²) >= 11 is 1.39. The van der Waals surface area contributed by atoms with Gasteiger partial charge >= 0.3 is 0 Å². The maximum Gasteiger partial charge on any atom is 0.282 e. The number of aromatic nitrogens is 1. The van der Waals surface area contributed by atoms with Gasteiger partial charge in [-0.1, -0.05) is 26.0 Å². The summed E-state index contributed by atoms with van der Waals surface area (Å²) in [6, 6.07) is 8.45. The van der Waals surface area contributed by atoms with E-state index in [9.17, 15) is 9.59 Å². The molecule has 0 N–H and O–H groups in total. The summed E-state index contributed by atoms with van der Waals surface area (Å²) in [5, 5.41) is 2.40. The van der Waals surface area contributed by atoms with Gasteiger partial charge in [0.15, 0.2) is 5.01 Å². The van der Waals surface area contributed by atoms with Gasteiger partial charge in [-0.3, -0.25) is 14.5 Å². The Balaban J connectivity index is 1.24. The molecule has 0 bridgehead atoms. The van der Waals surface area contributed by atoms with Crippen molar-refractivity contribution in [2.75, 3.05) is 39.3 Å². The summed E-state index contributed by atoms with van der Waals surface area (Å²) in [4.78, 5) is 35.4. The van der Waals surface area contributed by atoms with Gasteiger partial charge in [0.1, 0.15) is 0 Å². The summed E-state index contributed by atoms with van der Waals surface area (Å²) < 4.78 is 0. The number of hydrogen-bond donors (Lipinski definition) is 0. The molecule has 4 rings (SSSR count).